The molecule has 110 valence electrons. The Labute approximate surface area is 118 Å². The third kappa shape index (κ3) is 4.13. The fraction of sp³-hybridized carbons (Fsp3) is 0.385. The van der Waals surface area contributed by atoms with Gasteiger partial charge in [-0.05, 0) is 6.20 Å². The largest absolute Gasteiger partial charge is 0.478 e. The first-order valence-electron chi connectivity index (χ1n) is 6.01. The van der Waals surface area contributed by atoms with Gasteiger partial charge in [0.15, 0.2) is 0 Å². The molecule has 0 aliphatic heterocycles. The van der Waals surface area contributed by atoms with Crippen LogP contribution < -0.4 is 5.32 Å². The molecule has 0 saturated heterocycles. The van der Waals surface area contributed by atoms with Crippen LogP contribution in [0.1, 0.15) is 16.1 Å². The minimum absolute atomic E-state index is 0.154. The summed E-state index contributed by atoms with van der Waals surface area (Å²) >= 11 is 0. The molecular weight excluding hydrogens is 260 g/mol. The molecule has 0 bridgehead atoms. The molecule has 0 fully saturated rings. The number of allylic oxidation sites excluding steroid dienone is 1. The zero-order valence-electron chi connectivity index (χ0n) is 12.0. The van der Waals surface area contributed by atoms with Crippen molar-refractivity contribution >= 4 is 5.97 Å². The second-order valence-corrected chi connectivity index (χ2v) is 4.33. The van der Waals surface area contributed by atoms with Gasteiger partial charge in [-0.25, -0.2) is 4.79 Å². The van der Waals surface area contributed by atoms with Crippen molar-refractivity contribution in [1.29, 1.82) is 0 Å². The lowest BCUT2D eigenvalue weighted by atomic mass is 10.2. The predicted molar refractivity (Wildman–Crippen MR) is 75.0 cm³/mol. The number of aromatic carboxylic acids is 1. The van der Waals surface area contributed by atoms with E-state index in [1.165, 1.54) is 13.3 Å². The summed E-state index contributed by atoms with van der Waals surface area (Å²) in [6.45, 7) is 4.18. The number of hydrogen-bond acceptors (Lipinski definition) is 5. The van der Waals surface area contributed by atoms with Crippen molar-refractivity contribution < 1.29 is 14.6 Å². The fourth-order valence-corrected chi connectivity index (χ4v) is 1.60. The van der Waals surface area contributed by atoms with Crippen molar-refractivity contribution in [2.75, 3.05) is 21.2 Å². The van der Waals surface area contributed by atoms with Crippen LogP contribution in [0.5, 0.6) is 0 Å². The Morgan fingerprint density at radius 1 is 1.65 bits per heavy atom. The number of nitrogens with one attached hydrogen (secondary N) is 1. The molecule has 0 atom stereocenters. The number of methoxy groups -OCH3 is 1. The highest BCUT2D eigenvalue weighted by molar-refractivity contribution is 5.88. The molecule has 0 amide bonds. The number of carboxylic acid groups (broad SMARTS) is 1. The Kier molecular flexibility index (Phi) is 5.79. The maximum absolute atomic E-state index is 11.1. The molecule has 0 radical (unpaired) electrons. The van der Waals surface area contributed by atoms with Crippen LogP contribution in [0.3, 0.4) is 0 Å². The summed E-state index contributed by atoms with van der Waals surface area (Å²) in [7, 11) is 5.30. The minimum atomic E-state index is -1.01. The third-order valence-electron chi connectivity index (χ3n) is 2.62. The van der Waals surface area contributed by atoms with Gasteiger partial charge in [0.2, 0.25) is 0 Å². The van der Waals surface area contributed by atoms with Crippen LogP contribution in [0.15, 0.2) is 30.9 Å². The van der Waals surface area contributed by atoms with Gasteiger partial charge >= 0.3 is 5.97 Å². The Bertz CT molecular complexity index is 506. The Morgan fingerprint density at radius 2 is 2.35 bits per heavy atom. The zero-order valence-corrected chi connectivity index (χ0v) is 12.0. The van der Waals surface area contributed by atoms with Crippen LogP contribution in [0.25, 0.3) is 0 Å². The highest BCUT2D eigenvalue weighted by Crippen LogP contribution is 2.10. The Morgan fingerprint density at radius 3 is 2.85 bits per heavy atom. The number of hydrogen-bond donors (Lipinski definition) is 2. The van der Waals surface area contributed by atoms with Crippen LogP contribution in [0.2, 0.25) is 0 Å². The highest BCUT2D eigenvalue weighted by atomic mass is 16.5. The second kappa shape index (κ2) is 7.34. The van der Waals surface area contributed by atoms with Crippen LogP contribution >= 0.6 is 0 Å². The number of aromatic nitrogens is 2. The number of carboxylic acids is 1. The lowest BCUT2D eigenvalue weighted by molar-refractivity contribution is 0.0691. The van der Waals surface area contributed by atoms with E-state index in [0.29, 0.717) is 12.2 Å². The summed E-state index contributed by atoms with van der Waals surface area (Å²) in [5.74, 6) is -1.01. The second-order valence-electron chi connectivity index (χ2n) is 4.33. The van der Waals surface area contributed by atoms with E-state index < -0.39 is 5.97 Å². The van der Waals surface area contributed by atoms with Crippen molar-refractivity contribution in [2.45, 2.75) is 13.2 Å². The van der Waals surface area contributed by atoms with Gasteiger partial charge < -0.3 is 20.1 Å². The SMILES string of the molecule is C=CN/C=C(/Cn1cc(C(=O)O)c(COC)n1)N(C)C. The highest BCUT2D eigenvalue weighted by Gasteiger charge is 2.16. The summed E-state index contributed by atoms with van der Waals surface area (Å²) in [5, 5.41) is 16.3. The number of ether oxygens (including phenoxy) is 1. The first-order valence-corrected chi connectivity index (χ1v) is 6.01. The molecule has 7 heteroatoms. The van der Waals surface area contributed by atoms with Crippen molar-refractivity contribution in [3.05, 3.63) is 42.1 Å². The van der Waals surface area contributed by atoms with E-state index in [2.05, 4.69) is 17.0 Å². The van der Waals surface area contributed by atoms with Crippen molar-refractivity contribution in [3.8, 4) is 0 Å². The Balaban J connectivity index is 2.98. The average Bonchev–Trinajstić information content (AvgIpc) is 2.77. The molecule has 0 aromatic carbocycles. The monoisotopic (exact) mass is 280 g/mol. The van der Waals surface area contributed by atoms with E-state index in [9.17, 15) is 4.79 Å². The standard InChI is InChI=1S/C13H20N4O3/c1-5-14-6-10(16(2)3)7-17-8-11(13(18)19)12(15-17)9-20-4/h5-6,8,14H,1,7,9H2,2-4H3,(H,18,19)/b10-6-. The van der Waals surface area contributed by atoms with Gasteiger partial charge in [0.1, 0.15) is 11.3 Å². The van der Waals surface area contributed by atoms with E-state index in [0.717, 1.165) is 5.70 Å². The van der Waals surface area contributed by atoms with E-state index in [1.54, 1.807) is 17.1 Å². The van der Waals surface area contributed by atoms with E-state index in [4.69, 9.17) is 9.84 Å². The molecule has 20 heavy (non-hydrogen) atoms. The van der Waals surface area contributed by atoms with Gasteiger partial charge in [-0.1, -0.05) is 6.58 Å². The molecule has 1 heterocycles. The molecular formula is C13H20N4O3. The summed E-state index contributed by atoms with van der Waals surface area (Å²) in [5.41, 5.74) is 1.49. The van der Waals surface area contributed by atoms with Crippen LogP contribution in [0.4, 0.5) is 0 Å². The van der Waals surface area contributed by atoms with E-state index in [-0.39, 0.29) is 12.2 Å². The van der Waals surface area contributed by atoms with Crippen molar-refractivity contribution in [3.63, 3.8) is 0 Å². The zero-order chi connectivity index (χ0) is 15.1. The lowest BCUT2D eigenvalue weighted by Crippen LogP contribution is -2.19. The van der Waals surface area contributed by atoms with Gasteiger partial charge in [-0.3, -0.25) is 4.68 Å². The van der Waals surface area contributed by atoms with Gasteiger partial charge in [0.25, 0.3) is 0 Å². The van der Waals surface area contributed by atoms with Crippen molar-refractivity contribution in [1.82, 2.24) is 20.0 Å². The summed E-state index contributed by atoms with van der Waals surface area (Å²) in [6, 6.07) is 0. The Hall–Kier alpha value is -2.28. The van der Waals surface area contributed by atoms with Gasteiger partial charge in [0, 0.05) is 33.6 Å². The first kappa shape index (κ1) is 15.8. The molecule has 7 nitrogen and oxygen atoms in total. The van der Waals surface area contributed by atoms with Crippen LogP contribution in [0, 0.1) is 0 Å². The number of rotatable bonds is 8. The van der Waals surface area contributed by atoms with Gasteiger partial charge in [-0.2, -0.15) is 5.10 Å². The normalized spacial score (nSPS) is 11.2. The number of nitrogens with zero attached hydrogens (tertiary/aromatic N) is 3. The smallest absolute Gasteiger partial charge is 0.339 e. The summed E-state index contributed by atoms with van der Waals surface area (Å²) < 4.78 is 6.54. The van der Waals surface area contributed by atoms with Gasteiger partial charge in [-0.15, -0.1) is 0 Å². The third-order valence-corrected chi connectivity index (χ3v) is 2.62. The van der Waals surface area contributed by atoms with E-state index >= 15 is 0 Å². The maximum atomic E-state index is 11.1. The molecule has 0 unspecified atom stereocenters. The summed E-state index contributed by atoms with van der Waals surface area (Å²) in [6.07, 6.45) is 4.85. The fourth-order valence-electron chi connectivity index (χ4n) is 1.60. The van der Waals surface area contributed by atoms with Gasteiger partial charge in [0.05, 0.1) is 18.8 Å². The molecule has 1 aromatic heterocycles. The molecule has 0 aliphatic rings. The topological polar surface area (TPSA) is 79.6 Å². The average molecular weight is 280 g/mol. The van der Waals surface area contributed by atoms with Crippen LogP contribution in [-0.4, -0.2) is 47.0 Å². The quantitative estimate of drug-likeness (QED) is 0.735. The van der Waals surface area contributed by atoms with Crippen LogP contribution in [-0.2, 0) is 17.9 Å². The first-order chi connectivity index (χ1) is 9.49. The summed E-state index contributed by atoms with van der Waals surface area (Å²) in [4.78, 5) is 13.1. The number of likely N-dealkylation sites (N-methyl/N-ethyl adjacent to an activating group) is 1. The number of carbonyl (C=O) groups is 1. The molecule has 1 rings (SSSR count). The maximum Gasteiger partial charge on any atom is 0.339 e. The minimum Gasteiger partial charge on any atom is -0.478 e. The van der Waals surface area contributed by atoms with E-state index in [1.807, 2.05) is 19.0 Å². The van der Waals surface area contributed by atoms with Crippen molar-refractivity contribution in [2.24, 2.45) is 0 Å². The molecule has 2 N–H and O–H groups in total. The molecule has 0 aliphatic carbocycles. The molecule has 1 aromatic rings. The lowest BCUT2D eigenvalue weighted by Gasteiger charge is -2.17. The molecule has 0 spiro atoms. The molecule has 0 saturated carbocycles. The predicted octanol–water partition coefficient (Wildman–Crippen LogP) is 0.864.